The van der Waals surface area contributed by atoms with Crippen molar-refractivity contribution in [2.24, 2.45) is 0 Å². The van der Waals surface area contributed by atoms with Crippen LogP contribution in [0.25, 0.3) is 0 Å². The minimum atomic E-state index is 0.162. The smallest absolute Gasteiger partial charge is 0.274 e. The molecule has 0 aromatic carbocycles. The van der Waals surface area contributed by atoms with E-state index in [9.17, 15) is 4.79 Å². The Morgan fingerprint density at radius 2 is 1.89 bits per heavy atom. The van der Waals surface area contributed by atoms with Crippen LogP contribution in [0.4, 0.5) is 0 Å². The number of hydrogen-bond donors (Lipinski definition) is 0. The molecule has 1 aliphatic carbocycles. The number of fused-ring (bicyclic) bond motifs is 1. The van der Waals surface area contributed by atoms with E-state index in [2.05, 4.69) is 42.4 Å². The third-order valence-corrected chi connectivity index (χ3v) is 6.22. The molecule has 27 heavy (non-hydrogen) atoms. The zero-order valence-electron chi connectivity index (χ0n) is 17.7. The topological polar surface area (TPSA) is 44.6 Å². The van der Waals surface area contributed by atoms with Crippen LogP contribution < -0.4 is 0 Å². The molecule has 0 saturated carbocycles. The predicted octanol–water partition coefficient (Wildman–Crippen LogP) is 2.27. The lowest BCUT2D eigenvalue weighted by atomic mass is 9.89. The van der Waals surface area contributed by atoms with E-state index in [0.717, 1.165) is 77.1 Å². The molecule has 1 aromatic heterocycles. The molecule has 6 heteroatoms. The van der Waals surface area contributed by atoms with Gasteiger partial charge < -0.3 is 9.80 Å². The molecule has 0 spiro atoms. The lowest BCUT2D eigenvalue weighted by molar-refractivity contribution is 0.0715. The van der Waals surface area contributed by atoms with E-state index in [1.807, 2.05) is 4.90 Å². The molecule has 0 radical (unpaired) electrons. The van der Waals surface area contributed by atoms with Crippen LogP contribution in [0.5, 0.6) is 0 Å². The van der Waals surface area contributed by atoms with E-state index in [1.165, 1.54) is 17.7 Å². The molecule has 1 fully saturated rings. The highest BCUT2D eigenvalue weighted by molar-refractivity contribution is 5.94. The second-order valence-electron chi connectivity index (χ2n) is 8.27. The molecule has 3 rings (SSSR count). The van der Waals surface area contributed by atoms with Gasteiger partial charge in [0.2, 0.25) is 0 Å². The van der Waals surface area contributed by atoms with Crippen molar-refractivity contribution in [3.63, 3.8) is 0 Å². The van der Waals surface area contributed by atoms with Crippen molar-refractivity contribution in [2.75, 3.05) is 46.8 Å². The highest BCUT2D eigenvalue weighted by Crippen LogP contribution is 2.29. The van der Waals surface area contributed by atoms with Crippen molar-refractivity contribution in [1.82, 2.24) is 24.5 Å². The first-order valence-corrected chi connectivity index (χ1v) is 10.8. The van der Waals surface area contributed by atoms with Crippen LogP contribution in [-0.4, -0.2) is 83.2 Å². The normalized spacial score (nSPS) is 20.4. The fourth-order valence-electron chi connectivity index (χ4n) is 4.59. The minimum Gasteiger partial charge on any atom is -0.337 e. The van der Waals surface area contributed by atoms with Crippen LogP contribution in [0.3, 0.4) is 0 Å². The Bertz CT molecular complexity index is 633. The zero-order chi connectivity index (χ0) is 19.4. The maximum Gasteiger partial charge on any atom is 0.274 e. The second kappa shape index (κ2) is 9.20. The number of likely N-dealkylation sites (N-methyl/N-ethyl adjacent to an activating group) is 2. The molecule has 1 unspecified atom stereocenters. The van der Waals surface area contributed by atoms with Crippen LogP contribution >= 0.6 is 0 Å². The van der Waals surface area contributed by atoms with Gasteiger partial charge >= 0.3 is 0 Å². The number of nitrogens with zero attached hydrogens (tertiary/aromatic N) is 5. The Labute approximate surface area is 164 Å². The van der Waals surface area contributed by atoms with E-state index in [0.29, 0.717) is 6.04 Å². The maximum atomic E-state index is 13.2. The van der Waals surface area contributed by atoms with Gasteiger partial charge in [-0.2, -0.15) is 5.10 Å². The molecule has 1 amide bonds. The Morgan fingerprint density at radius 3 is 2.52 bits per heavy atom. The molecular weight excluding hydrogens is 338 g/mol. The number of carbonyl (C=O) groups excluding carboxylic acids is 1. The van der Waals surface area contributed by atoms with E-state index in [1.54, 1.807) is 0 Å². The number of likely N-dealkylation sites (tertiary alicyclic amines) is 1. The lowest BCUT2D eigenvalue weighted by Crippen LogP contribution is -2.43. The van der Waals surface area contributed by atoms with Crippen LogP contribution in [0, 0.1) is 0 Å². The van der Waals surface area contributed by atoms with Crippen molar-refractivity contribution in [2.45, 2.75) is 65.0 Å². The number of carbonyl (C=O) groups is 1. The molecule has 0 N–H and O–H groups in total. The van der Waals surface area contributed by atoms with Gasteiger partial charge in [-0.1, -0.05) is 6.92 Å². The SMILES string of the molecule is CCN(CCN(C)C)C1CCc2c(c(C(=O)N3CCCCC3)nn2CC)C1. The van der Waals surface area contributed by atoms with Crippen LogP contribution in [0.2, 0.25) is 0 Å². The summed E-state index contributed by atoms with van der Waals surface area (Å²) in [6, 6.07) is 0.518. The minimum absolute atomic E-state index is 0.162. The predicted molar refractivity (Wildman–Crippen MR) is 109 cm³/mol. The molecule has 0 bridgehead atoms. The first kappa shape index (κ1) is 20.3. The van der Waals surface area contributed by atoms with E-state index in [-0.39, 0.29) is 5.91 Å². The summed E-state index contributed by atoms with van der Waals surface area (Å²) in [5, 5.41) is 4.78. The van der Waals surface area contributed by atoms with Crippen molar-refractivity contribution in [3.05, 3.63) is 17.0 Å². The molecule has 1 saturated heterocycles. The molecule has 6 nitrogen and oxygen atoms in total. The molecule has 1 aromatic rings. The summed E-state index contributed by atoms with van der Waals surface area (Å²) in [6.07, 6.45) is 6.65. The van der Waals surface area contributed by atoms with Crippen LogP contribution in [0.1, 0.15) is 61.3 Å². The standard InChI is InChI=1S/C21H37N5O/c1-5-24(15-14-23(3)4)17-10-11-19-18(16-17)20(22-26(19)6-2)21(27)25-12-8-7-9-13-25/h17H,5-16H2,1-4H3. The van der Waals surface area contributed by atoms with Crippen molar-refractivity contribution in [1.29, 1.82) is 0 Å². The van der Waals surface area contributed by atoms with Crippen molar-refractivity contribution in [3.8, 4) is 0 Å². The van der Waals surface area contributed by atoms with E-state index >= 15 is 0 Å². The van der Waals surface area contributed by atoms with Gasteiger partial charge in [-0.05, 0) is 66.1 Å². The Kier molecular flexibility index (Phi) is 6.93. The molecule has 152 valence electrons. The molecule has 2 heterocycles. The van der Waals surface area contributed by atoms with Gasteiger partial charge in [-0.25, -0.2) is 0 Å². The number of rotatable bonds is 7. The zero-order valence-corrected chi connectivity index (χ0v) is 17.7. The van der Waals surface area contributed by atoms with Crippen LogP contribution in [-0.2, 0) is 19.4 Å². The highest BCUT2D eigenvalue weighted by Gasteiger charge is 2.32. The van der Waals surface area contributed by atoms with Gasteiger partial charge in [0, 0.05) is 50.0 Å². The second-order valence-corrected chi connectivity index (χ2v) is 8.27. The van der Waals surface area contributed by atoms with Crippen LogP contribution in [0.15, 0.2) is 0 Å². The van der Waals surface area contributed by atoms with Gasteiger partial charge in [-0.3, -0.25) is 14.4 Å². The fraction of sp³-hybridized carbons (Fsp3) is 0.810. The van der Waals surface area contributed by atoms with Gasteiger partial charge in [-0.15, -0.1) is 0 Å². The monoisotopic (exact) mass is 375 g/mol. The molecular formula is C21H37N5O. The summed E-state index contributed by atoms with van der Waals surface area (Å²) >= 11 is 0. The van der Waals surface area contributed by atoms with E-state index < -0.39 is 0 Å². The third kappa shape index (κ3) is 4.54. The molecule has 1 atom stereocenters. The summed E-state index contributed by atoms with van der Waals surface area (Å²) in [4.78, 5) is 20.1. The Balaban J connectivity index is 1.81. The van der Waals surface area contributed by atoms with Crippen molar-refractivity contribution >= 4 is 5.91 Å². The van der Waals surface area contributed by atoms with E-state index in [4.69, 9.17) is 5.10 Å². The first-order valence-electron chi connectivity index (χ1n) is 10.8. The number of piperidine rings is 1. The highest BCUT2D eigenvalue weighted by atomic mass is 16.2. The quantitative estimate of drug-likeness (QED) is 0.733. The third-order valence-electron chi connectivity index (χ3n) is 6.22. The van der Waals surface area contributed by atoms with Crippen molar-refractivity contribution < 1.29 is 4.79 Å². The fourth-order valence-corrected chi connectivity index (χ4v) is 4.59. The number of hydrogen-bond acceptors (Lipinski definition) is 4. The summed E-state index contributed by atoms with van der Waals surface area (Å²) < 4.78 is 2.08. The summed E-state index contributed by atoms with van der Waals surface area (Å²) in [7, 11) is 4.26. The number of aryl methyl sites for hydroxylation is 1. The Hall–Kier alpha value is -1.40. The summed E-state index contributed by atoms with van der Waals surface area (Å²) in [5.41, 5.74) is 3.27. The first-order chi connectivity index (χ1) is 13.0. The van der Waals surface area contributed by atoms with Gasteiger partial charge in [0.15, 0.2) is 5.69 Å². The molecule has 2 aliphatic rings. The number of amides is 1. The van der Waals surface area contributed by atoms with Gasteiger partial charge in [0.05, 0.1) is 0 Å². The molecule has 1 aliphatic heterocycles. The van der Waals surface area contributed by atoms with Gasteiger partial charge in [0.1, 0.15) is 0 Å². The lowest BCUT2D eigenvalue weighted by Gasteiger charge is -2.34. The average Bonchev–Trinajstić information content (AvgIpc) is 3.06. The number of aromatic nitrogens is 2. The van der Waals surface area contributed by atoms with Gasteiger partial charge in [0.25, 0.3) is 5.91 Å². The average molecular weight is 376 g/mol. The largest absolute Gasteiger partial charge is 0.337 e. The Morgan fingerprint density at radius 1 is 1.15 bits per heavy atom. The summed E-state index contributed by atoms with van der Waals surface area (Å²) in [6.45, 7) is 10.2. The maximum absolute atomic E-state index is 13.2. The summed E-state index contributed by atoms with van der Waals surface area (Å²) in [5.74, 6) is 0.162.